The van der Waals surface area contributed by atoms with Crippen molar-refractivity contribution in [3.63, 3.8) is 0 Å². The summed E-state index contributed by atoms with van der Waals surface area (Å²) in [5.74, 6) is 1.26. The highest BCUT2D eigenvalue weighted by atomic mass is 19.4. The van der Waals surface area contributed by atoms with Crippen LogP contribution in [0.1, 0.15) is 54.8 Å². The van der Waals surface area contributed by atoms with Crippen molar-refractivity contribution in [1.29, 1.82) is 0 Å². The normalized spacial score (nSPS) is 12.5. The molecular weight excluding hydrogens is 470 g/mol. The third kappa shape index (κ3) is 5.63. The summed E-state index contributed by atoms with van der Waals surface area (Å²) in [5, 5.41) is 0. The second-order valence-electron chi connectivity index (χ2n) is 8.26. The predicted molar refractivity (Wildman–Crippen MR) is 120 cm³/mol. The number of alkyl halides is 6. The van der Waals surface area contributed by atoms with Gasteiger partial charge in [-0.3, -0.25) is 0 Å². The number of hydrogen-bond acceptors (Lipinski definition) is 2. The van der Waals surface area contributed by atoms with E-state index in [9.17, 15) is 26.3 Å². The maximum atomic E-state index is 13.1. The lowest BCUT2D eigenvalue weighted by Gasteiger charge is -2.12. The molecule has 0 amide bonds. The first-order valence-corrected chi connectivity index (χ1v) is 11.1. The van der Waals surface area contributed by atoms with Crippen molar-refractivity contribution < 1.29 is 35.2 Å². The molecule has 35 heavy (non-hydrogen) atoms. The molecule has 0 bridgehead atoms. The highest BCUT2D eigenvalue weighted by Crippen LogP contribution is 2.39. The lowest BCUT2D eigenvalue weighted by atomic mass is 9.97. The monoisotopic (exact) mass is 492 g/mol. The van der Waals surface area contributed by atoms with Gasteiger partial charge in [0.15, 0.2) is 0 Å². The number of halogens is 6. The van der Waals surface area contributed by atoms with Gasteiger partial charge in [-0.25, -0.2) is 0 Å². The first-order chi connectivity index (χ1) is 16.6. The Morgan fingerprint density at radius 2 is 1.11 bits per heavy atom. The van der Waals surface area contributed by atoms with E-state index >= 15 is 0 Å². The van der Waals surface area contributed by atoms with Gasteiger partial charge in [-0.05, 0) is 55.0 Å². The van der Waals surface area contributed by atoms with Crippen molar-refractivity contribution in [1.82, 2.24) is 0 Å². The Balaban J connectivity index is 1.65. The van der Waals surface area contributed by atoms with Crippen LogP contribution in [0.5, 0.6) is 0 Å². The van der Waals surface area contributed by atoms with Crippen molar-refractivity contribution >= 4 is 0 Å². The molecule has 0 radical (unpaired) electrons. The summed E-state index contributed by atoms with van der Waals surface area (Å²) < 4.78 is 90.5. The van der Waals surface area contributed by atoms with Crippen molar-refractivity contribution in [2.24, 2.45) is 0 Å². The molecule has 184 valence electrons. The summed E-state index contributed by atoms with van der Waals surface area (Å²) in [7, 11) is 0. The summed E-state index contributed by atoms with van der Waals surface area (Å²) in [6.07, 6.45) is -6.59. The van der Waals surface area contributed by atoms with E-state index in [1.165, 1.54) is 24.3 Å². The van der Waals surface area contributed by atoms with E-state index < -0.39 is 23.5 Å². The zero-order chi connectivity index (χ0) is 25.2. The van der Waals surface area contributed by atoms with Gasteiger partial charge in [0, 0.05) is 11.1 Å². The first kappa shape index (κ1) is 24.7. The minimum Gasteiger partial charge on any atom is -0.460 e. The van der Waals surface area contributed by atoms with Gasteiger partial charge >= 0.3 is 12.4 Å². The van der Waals surface area contributed by atoms with Gasteiger partial charge in [-0.2, -0.15) is 26.3 Å². The van der Waals surface area contributed by atoms with Gasteiger partial charge in [0.05, 0.1) is 17.0 Å². The number of hydrogen-bond donors (Lipinski definition) is 0. The van der Waals surface area contributed by atoms with Gasteiger partial charge in [0.25, 0.3) is 0 Å². The maximum Gasteiger partial charge on any atom is 0.416 e. The summed E-state index contributed by atoms with van der Waals surface area (Å²) in [6.45, 7) is 2.02. The predicted octanol–water partition coefficient (Wildman–Crippen LogP) is 9.57. The van der Waals surface area contributed by atoms with Crippen LogP contribution in [-0.2, 0) is 12.4 Å². The Morgan fingerprint density at radius 1 is 0.657 bits per heavy atom. The van der Waals surface area contributed by atoms with Crippen LogP contribution in [0.2, 0.25) is 0 Å². The van der Waals surface area contributed by atoms with Crippen molar-refractivity contribution in [3.8, 4) is 22.6 Å². The van der Waals surface area contributed by atoms with Crippen LogP contribution in [0.4, 0.5) is 26.3 Å². The Labute approximate surface area is 198 Å². The summed E-state index contributed by atoms with van der Waals surface area (Å²) >= 11 is 0. The molecule has 0 aliphatic carbocycles. The van der Waals surface area contributed by atoms with Gasteiger partial charge in [-0.1, -0.05) is 44.0 Å². The average molecular weight is 492 g/mol. The molecule has 8 heteroatoms. The topological polar surface area (TPSA) is 26.3 Å². The molecule has 0 N–H and O–H groups in total. The summed E-state index contributed by atoms with van der Waals surface area (Å²) in [5.41, 5.74) is -0.951. The van der Waals surface area contributed by atoms with Crippen LogP contribution in [0.15, 0.2) is 81.6 Å². The van der Waals surface area contributed by atoms with E-state index in [1.54, 1.807) is 24.3 Å². The van der Waals surface area contributed by atoms with E-state index in [2.05, 4.69) is 0 Å². The SMILES string of the molecule is CCCCC(c1ccc(-c2cccc(C(F)(F)F)c2)o1)c1ccc(-c2cccc(C(F)(F)F)c2)o1. The molecule has 2 heterocycles. The molecule has 0 aliphatic heterocycles. The Morgan fingerprint density at radius 3 is 1.51 bits per heavy atom. The highest BCUT2D eigenvalue weighted by molar-refractivity contribution is 5.60. The summed E-state index contributed by atoms with van der Waals surface area (Å²) in [4.78, 5) is 0. The van der Waals surface area contributed by atoms with Gasteiger partial charge in [0.2, 0.25) is 0 Å². The molecule has 2 aromatic heterocycles. The van der Waals surface area contributed by atoms with E-state index in [0.717, 1.165) is 37.1 Å². The van der Waals surface area contributed by atoms with Crippen LogP contribution in [0.25, 0.3) is 22.6 Å². The van der Waals surface area contributed by atoms with Gasteiger partial charge < -0.3 is 8.83 Å². The number of rotatable bonds is 7. The molecule has 0 aliphatic rings. The number of unbranched alkanes of at least 4 members (excludes halogenated alkanes) is 1. The second kappa shape index (κ2) is 9.68. The molecular formula is C27H22F6O2. The summed E-state index contributed by atoms with van der Waals surface area (Å²) in [6, 6.07) is 16.4. The molecule has 2 aromatic carbocycles. The van der Waals surface area contributed by atoms with Crippen LogP contribution in [0.3, 0.4) is 0 Å². The molecule has 4 rings (SSSR count). The third-order valence-corrected chi connectivity index (χ3v) is 5.74. The number of benzene rings is 2. The van der Waals surface area contributed by atoms with Crippen LogP contribution < -0.4 is 0 Å². The fourth-order valence-corrected chi connectivity index (χ4v) is 3.92. The fraction of sp³-hybridized carbons (Fsp3) is 0.259. The number of furan rings is 2. The van der Waals surface area contributed by atoms with E-state index in [4.69, 9.17) is 8.83 Å². The third-order valence-electron chi connectivity index (χ3n) is 5.74. The van der Waals surface area contributed by atoms with Crippen molar-refractivity contribution in [3.05, 3.63) is 95.4 Å². The second-order valence-corrected chi connectivity index (χ2v) is 8.26. The van der Waals surface area contributed by atoms with E-state index in [-0.39, 0.29) is 17.4 Å². The van der Waals surface area contributed by atoms with Crippen molar-refractivity contribution in [2.75, 3.05) is 0 Å². The highest BCUT2D eigenvalue weighted by Gasteiger charge is 2.32. The molecule has 0 spiro atoms. The molecule has 0 atom stereocenters. The minimum atomic E-state index is -4.47. The quantitative estimate of drug-likeness (QED) is 0.240. The zero-order valence-corrected chi connectivity index (χ0v) is 18.7. The Kier molecular flexibility index (Phi) is 6.83. The molecule has 0 unspecified atom stereocenters. The van der Waals surface area contributed by atoms with Crippen molar-refractivity contribution in [2.45, 2.75) is 44.5 Å². The molecule has 4 aromatic rings. The standard InChI is InChI=1S/C27H22F6O2/c1-2-3-10-21(24-13-11-22(34-24)17-6-4-8-19(15-17)26(28,29)30)25-14-12-23(35-25)18-7-5-9-20(16-18)27(31,32)33/h4-9,11-16,21H,2-3,10H2,1H3. The Bertz CT molecular complexity index is 1180. The minimum absolute atomic E-state index is 0.289. The molecule has 0 saturated carbocycles. The van der Waals surface area contributed by atoms with Gasteiger partial charge in [-0.15, -0.1) is 0 Å². The Hall–Kier alpha value is -3.42. The molecule has 0 saturated heterocycles. The van der Waals surface area contributed by atoms with Crippen LogP contribution in [0, 0.1) is 0 Å². The lowest BCUT2D eigenvalue weighted by molar-refractivity contribution is -0.138. The lowest BCUT2D eigenvalue weighted by Crippen LogP contribution is -2.04. The first-order valence-electron chi connectivity index (χ1n) is 11.1. The van der Waals surface area contributed by atoms with Gasteiger partial charge in [0.1, 0.15) is 23.0 Å². The van der Waals surface area contributed by atoms with E-state index in [0.29, 0.717) is 29.1 Å². The maximum absolute atomic E-state index is 13.1. The van der Waals surface area contributed by atoms with E-state index in [1.807, 2.05) is 6.92 Å². The molecule has 2 nitrogen and oxygen atoms in total. The van der Waals surface area contributed by atoms with Crippen LogP contribution in [-0.4, -0.2) is 0 Å². The average Bonchev–Trinajstić information content (AvgIpc) is 3.49. The van der Waals surface area contributed by atoms with Crippen LogP contribution >= 0.6 is 0 Å². The smallest absolute Gasteiger partial charge is 0.416 e. The zero-order valence-electron chi connectivity index (χ0n) is 18.7. The fourth-order valence-electron chi connectivity index (χ4n) is 3.92. The molecule has 0 fully saturated rings. The largest absolute Gasteiger partial charge is 0.460 e.